The summed E-state index contributed by atoms with van der Waals surface area (Å²) in [6.45, 7) is 4.06. The molecule has 0 amide bonds. The minimum atomic E-state index is -0.272. The molecule has 0 spiro atoms. The van der Waals surface area contributed by atoms with Crippen molar-refractivity contribution in [2.45, 2.75) is 26.9 Å². The van der Waals surface area contributed by atoms with Crippen LogP contribution in [0.2, 0.25) is 0 Å². The SMILES string of the molecule is C#CCc1ccc(COC(=O)C2C(C=C(Cl)Cl)C2(C)C)o1. The van der Waals surface area contributed by atoms with Crippen molar-refractivity contribution < 1.29 is 13.9 Å². The lowest BCUT2D eigenvalue weighted by molar-refractivity contribution is -0.148. The smallest absolute Gasteiger partial charge is 0.310 e. The highest BCUT2D eigenvalue weighted by Crippen LogP contribution is 2.60. The van der Waals surface area contributed by atoms with Crippen molar-refractivity contribution in [1.82, 2.24) is 0 Å². The molecule has 1 saturated carbocycles. The lowest BCUT2D eigenvalue weighted by atomic mass is 10.1. The predicted octanol–water partition coefficient (Wildman–Crippen LogP) is 4.09. The van der Waals surface area contributed by atoms with Gasteiger partial charge in [0.15, 0.2) is 0 Å². The van der Waals surface area contributed by atoms with Gasteiger partial charge in [0, 0.05) is 0 Å². The van der Waals surface area contributed by atoms with Gasteiger partial charge in [-0.2, -0.15) is 0 Å². The number of esters is 1. The molecule has 0 bridgehead atoms. The normalized spacial score (nSPS) is 22.2. The third kappa shape index (κ3) is 3.64. The van der Waals surface area contributed by atoms with E-state index in [-0.39, 0.29) is 34.3 Å². The first-order chi connectivity index (χ1) is 9.86. The fraction of sp³-hybridized carbons (Fsp3) is 0.438. The van der Waals surface area contributed by atoms with Gasteiger partial charge in [0.1, 0.15) is 22.6 Å². The molecule has 21 heavy (non-hydrogen) atoms. The molecular formula is C16H16Cl2O3. The Hall–Kier alpha value is -1.37. The summed E-state index contributed by atoms with van der Waals surface area (Å²) in [5.41, 5.74) is -0.191. The molecule has 5 heteroatoms. The van der Waals surface area contributed by atoms with E-state index in [1.54, 1.807) is 18.2 Å². The zero-order valence-corrected chi connectivity index (χ0v) is 13.4. The Morgan fingerprint density at radius 2 is 2.14 bits per heavy atom. The number of hydrogen-bond acceptors (Lipinski definition) is 3. The van der Waals surface area contributed by atoms with E-state index in [1.165, 1.54) is 0 Å². The van der Waals surface area contributed by atoms with Gasteiger partial charge in [-0.1, -0.05) is 43.0 Å². The second-order valence-corrected chi connectivity index (χ2v) is 6.65. The van der Waals surface area contributed by atoms with Crippen LogP contribution in [0.1, 0.15) is 25.4 Å². The Bertz CT molecular complexity index is 603. The van der Waals surface area contributed by atoms with E-state index in [1.807, 2.05) is 13.8 Å². The minimum Gasteiger partial charge on any atom is -0.461 e. The molecule has 0 N–H and O–H groups in total. The van der Waals surface area contributed by atoms with Gasteiger partial charge in [-0.25, -0.2) is 0 Å². The number of furan rings is 1. The molecule has 2 atom stereocenters. The highest BCUT2D eigenvalue weighted by molar-refractivity contribution is 6.55. The van der Waals surface area contributed by atoms with Crippen LogP contribution in [0, 0.1) is 29.6 Å². The van der Waals surface area contributed by atoms with Crippen LogP contribution in [-0.4, -0.2) is 5.97 Å². The van der Waals surface area contributed by atoms with Gasteiger partial charge in [-0.05, 0) is 29.5 Å². The first-order valence-corrected chi connectivity index (χ1v) is 7.32. The average Bonchev–Trinajstić information content (AvgIpc) is 2.75. The second-order valence-electron chi connectivity index (χ2n) is 5.64. The Kier molecular flexibility index (Phi) is 4.70. The van der Waals surface area contributed by atoms with Gasteiger partial charge in [-0.3, -0.25) is 4.79 Å². The van der Waals surface area contributed by atoms with Gasteiger partial charge in [-0.15, -0.1) is 6.42 Å². The predicted molar refractivity (Wildman–Crippen MR) is 81.6 cm³/mol. The molecular weight excluding hydrogens is 311 g/mol. The van der Waals surface area contributed by atoms with Crippen molar-refractivity contribution in [1.29, 1.82) is 0 Å². The lowest BCUT2D eigenvalue weighted by Crippen LogP contribution is -2.10. The van der Waals surface area contributed by atoms with E-state index < -0.39 is 0 Å². The maximum atomic E-state index is 12.1. The zero-order chi connectivity index (χ0) is 15.6. The first kappa shape index (κ1) is 16.0. The third-order valence-corrected chi connectivity index (χ3v) is 4.07. The number of carbonyl (C=O) groups excluding carboxylic acids is 1. The molecule has 0 saturated heterocycles. The molecule has 0 aliphatic heterocycles. The Morgan fingerprint density at radius 3 is 2.76 bits per heavy atom. The van der Waals surface area contributed by atoms with Crippen molar-refractivity contribution in [3.8, 4) is 12.3 Å². The summed E-state index contributed by atoms with van der Waals surface area (Å²) in [5.74, 6) is 3.26. The molecule has 1 aromatic heterocycles. The summed E-state index contributed by atoms with van der Waals surface area (Å²) in [6, 6.07) is 3.54. The van der Waals surface area contributed by atoms with E-state index in [4.69, 9.17) is 38.8 Å². The molecule has 1 aliphatic rings. The molecule has 1 aromatic rings. The molecule has 1 aliphatic carbocycles. The molecule has 1 fully saturated rings. The molecule has 112 valence electrons. The van der Waals surface area contributed by atoms with Crippen LogP contribution in [0.4, 0.5) is 0 Å². The molecule has 3 nitrogen and oxygen atoms in total. The fourth-order valence-electron chi connectivity index (χ4n) is 2.50. The van der Waals surface area contributed by atoms with Gasteiger partial charge >= 0.3 is 5.97 Å². The zero-order valence-electron chi connectivity index (χ0n) is 11.9. The largest absolute Gasteiger partial charge is 0.461 e. The minimum absolute atomic E-state index is 0.00334. The number of ether oxygens (including phenoxy) is 1. The number of allylic oxidation sites excluding steroid dienone is 1. The summed E-state index contributed by atoms with van der Waals surface area (Å²) in [7, 11) is 0. The highest BCUT2D eigenvalue weighted by atomic mass is 35.5. The van der Waals surface area contributed by atoms with Gasteiger partial charge in [0.2, 0.25) is 0 Å². The van der Waals surface area contributed by atoms with E-state index in [2.05, 4.69) is 5.92 Å². The highest BCUT2D eigenvalue weighted by Gasteiger charge is 2.61. The summed E-state index contributed by atoms with van der Waals surface area (Å²) in [6.07, 6.45) is 7.31. The fourth-order valence-corrected chi connectivity index (χ4v) is 2.77. The molecule has 0 aromatic carbocycles. The van der Waals surface area contributed by atoms with Crippen molar-refractivity contribution in [2.75, 3.05) is 0 Å². The average molecular weight is 327 g/mol. The van der Waals surface area contributed by atoms with Crippen LogP contribution in [0.15, 0.2) is 27.1 Å². The van der Waals surface area contributed by atoms with Crippen molar-refractivity contribution in [3.63, 3.8) is 0 Å². The number of terminal acetylenes is 1. The topological polar surface area (TPSA) is 39.4 Å². The molecule has 0 radical (unpaired) electrons. The van der Waals surface area contributed by atoms with Gasteiger partial charge in [0.25, 0.3) is 0 Å². The second kappa shape index (κ2) is 6.17. The van der Waals surface area contributed by atoms with E-state index in [0.29, 0.717) is 17.9 Å². The van der Waals surface area contributed by atoms with Crippen molar-refractivity contribution >= 4 is 29.2 Å². The van der Waals surface area contributed by atoms with Gasteiger partial charge in [0.05, 0.1) is 12.3 Å². The summed E-state index contributed by atoms with van der Waals surface area (Å²) < 4.78 is 10.9. The quantitative estimate of drug-likeness (QED) is 0.604. The van der Waals surface area contributed by atoms with E-state index >= 15 is 0 Å². The maximum absolute atomic E-state index is 12.1. The van der Waals surface area contributed by atoms with Crippen molar-refractivity contribution in [2.24, 2.45) is 17.3 Å². The monoisotopic (exact) mass is 326 g/mol. The number of hydrogen-bond donors (Lipinski definition) is 0. The van der Waals surface area contributed by atoms with Crippen molar-refractivity contribution in [3.05, 3.63) is 34.2 Å². The Morgan fingerprint density at radius 1 is 1.48 bits per heavy atom. The standard InChI is InChI=1S/C16H16Cl2O3/c1-4-5-10-6-7-11(21-10)9-20-15(19)14-12(8-13(17)18)16(14,2)3/h1,6-8,12,14H,5,9H2,2-3H3. The van der Waals surface area contributed by atoms with E-state index in [0.717, 1.165) is 0 Å². The van der Waals surface area contributed by atoms with Crippen LogP contribution >= 0.6 is 23.2 Å². The number of rotatable bonds is 5. The molecule has 1 heterocycles. The van der Waals surface area contributed by atoms with Crippen LogP contribution in [0.25, 0.3) is 0 Å². The van der Waals surface area contributed by atoms with Crippen LogP contribution in [0.3, 0.4) is 0 Å². The third-order valence-electron chi connectivity index (χ3n) is 3.82. The number of carbonyl (C=O) groups is 1. The molecule has 2 unspecified atom stereocenters. The van der Waals surface area contributed by atoms with Crippen LogP contribution < -0.4 is 0 Å². The van der Waals surface area contributed by atoms with E-state index in [9.17, 15) is 4.79 Å². The lowest BCUT2D eigenvalue weighted by Gasteiger charge is -2.03. The molecule has 2 rings (SSSR count). The van der Waals surface area contributed by atoms with Crippen LogP contribution in [-0.2, 0) is 22.6 Å². The Balaban J connectivity index is 1.91. The van der Waals surface area contributed by atoms with Crippen LogP contribution in [0.5, 0.6) is 0 Å². The summed E-state index contributed by atoms with van der Waals surface area (Å²) in [5, 5.41) is 0. The summed E-state index contributed by atoms with van der Waals surface area (Å²) >= 11 is 11.3. The Labute approximate surface area is 134 Å². The first-order valence-electron chi connectivity index (χ1n) is 6.56. The van der Waals surface area contributed by atoms with Gasteiger partial charge < -0.3 is 9.15 Å². The number of halogens is 2. The summed E-state index contributed by atoms with van der Waals surface area (Å²) in [4.78, 5) is 12.1. The maximum Gasteiger partial charge on any atom is 0.310 e.